The molecule has 2 nitrogen and oxygen atoms in total. The minimum atomic E-state index is 0.236. The van der Waals surface area contributed by atoms with E-state index in [1.807, 2.05) is 18.2 Å². The molecule has 0 unspecified atom stereocenters. The summed E-state index contributed by atoms with van der Waals surface area (Å²) in [4.78, 5) is 0. The Kier molecular flexibility index (Phi) is 2.62. The molecule has 2 heteroatoms. The smallest absolute Gasteiger partial charge is 0.0826 e. The molecule has 70 valence electrons. The zero-order chi connectivity index (χ0) is 9.10. The second kappa shape index (κ2) is 3.90. The Labute approximate surface area is 78.7 Å². The minimum absolute atomic E-state index is 0.236. The van der Waals surface area contributed by atoms with E-state index in [1.54, 1.807) is 0 Å². The Bertz CT molecular complexity index is 252. The molecular weight excluding hydrogens is 162 g/mol. The molecule has 0 aliphatic carbocycles. The van der Waals surface area contributed by atoms with Crippen LogP contribution in [-0.2, 0) is 4.74 Å². The molecule has 0 aromatic heterocycles. The van der Waals surface area contributed by atoms with E-state index in [-0.39, 0.29) is 12.1 Å². The molecule has 1 saturated heterocycles. The van der Waals surface area contributed by atoms with E-state index >= 15 is 0 Å². The molecule has 1 aliphatic heterocycles. The summed E-state index contributed by atoms with van der Waals surface area (Å²) in [7, 11) is 0. The zero-order valence-electron chi connectivity index (χ0n) is 7.65. The molecule has 0 bridgehead atoms. The molecule has 1 aliphatic rings. The fourth-order valence-corrected chi connectivity index (χ4v) is 1.70. The summed E-state index contributed by atoms with van der Waals surface area (Å²) in [5.74, 6) is 0. The van der Waals surface area contributed by atoms with Crippen LogP contribution in [0.3, 0.4) is 0 Å². The molecule has 0 amide bonds. The van der Waals surface area contributed by atoms with Gasteiger partial charge in [-0.25, -0.2) is 0 Å². The maximum Gasteiger partial charge on any atom is 0.0826 e. The third-order valence-electron chi connectivity index (χ3n) is 2.48. The van der Waals surface area contributed by atoms with Gasteiger partial charge in [-0.05, 0) is 18.4 Å². The quantitative estimate of drug-likeness (QED) is 0.710. The van der Waals surface area contributed by atoms with Gasteiger partial charge in [0.25, 0.3) is 0 Å². The molecule has 0 saturated carbocycles. The average molecular weight is 177 g/mol. The summed E-state index contributed by atoms with van der Waals surface area (Å²) < 4.78 is 5.65. The van der Waals surface area contributed by atoms with Gasteiger partial charge in [-0.2, -0.15) is 0 Å². The van der Waals surface area contributed by atoms with Crippen molar-refractivity contribution in [3.8, 4) is 0 Å². The summed E-state index contributed by atoms with van der Waals surface area (Å²) >= 11 is 0. The number of rotatable bonds is 1. The number of benzene rings is 1. The van der Waals surface area contributed by atoms with Crippen LogP contribution in [0.15, 0.2) is 30.3 Å². The molecule has 2 atom stereocenters. The van der Waals surface area contributed by atoms with Crippen LogP contribution in [0.25, 0.3) is 0 Å². The molecule has 1 aromatic carbocycles. The van der Waals surface area contributed by atoms with Gasteiger partial charge in [0.2, 0.25) is 0 Å². The van der Waals surface area contributed by atoms with Gasteiger partial charge in [0, 0.05) is 6.04 Å². The average Bonchev–Trinajstić information content (AvgIpc) is 2.20. The van der Waals surface area contributed by atoms with Gasteiger partial charge in [-0.3, -0.25) is 0 Å². The lowest BCUT2D eigenvalue weighted by molar-refractivity contribution is 0.00412. The Morgan fingerprint density at radius 3 is 2.54 bits per heavy atom. The SMILES string of the molecule is N[C@H]1CC[C@H](c2ccccc2)OC1. The van der Waals surface area contributed by atoms with Gasteiger partial charge in [0.1, 0.15) is 0 Å². The van der Waals surface area contributed by atoms with E-state index in [9.17, 15) is 0 Å². The van der Waals surface area contributed by atoms with Crippen molar-refractivity contribution >= 4 is 0 Å². The Morgan fingerprint density at radius 2 is 1.92 bits per heavy atom. The maximum absolute atomic E-state index is 5.75. The lowest BCUT2D eigenvalue weighted by Gasteiger charge is -2.26. The molecule has 13 heavy (non-hydrogen) atoms. The number of hydrogen-bond donors (Lipinski definition) is 1. The second-order valence-corrected chi connectivity index (χ2v) is 3.57. The fraction of sp³-hybridized carbons (Fsp3) is 0.455. The van der Waals surface area contributed by atoms with Crippen molar-refractivity contribution in [2.24, 2.45) is 5.73 Å². The fourth-order valence-electron chi connectivity index (χ4n) is 1.70. The van der Waals surface area contributed by atoms with Crippen LogP contribution >= 0.6 is 0 Å². The van der Waals surface area contributed by atoms with E-state index in [1.165, 1.54) is 5.56 Å². The monoisotopic (exact) mass is 177 g/mol. The summed E-state index contributed by atoms with van der Waals surface area (Å²) in [5.41, 5.74) is 7.02. The first-order chi connectivity index (χ1) is 6.36. The highest BCUT2D eigenvalue weighted by Crippen LogP contribution is 2.26. The zero-order valence-corrected chi connectivity index (χ0v) is 7.65. The molecule has 1 heterocycles. The first-order valence-corrected chi connectivity index (χ1v) is 4.78. The maximum atomic E-state index is 5.75. The predicted octanol–water partition coefficient (Wildman–Crippen LogP) is 1.87. The predicted molar refractivity (Wildman–Crippen MR) is 52.3 cm³/mol. The number of hydrogen-bond acceptors (Lipinski definition) is 2. The van der Waals surface area contributed by atoms with Crippen LogP contribution < -0.4 is 5.73 Å². The van der Waals surface area contributed by atoms with Crippen molar-refractivity contribution in [3.05, 3.63) is 35.9 Å². The first kappa shape index (κ1) is 8.73. The van der Waals surface area contributed by atoms with Gasteiger partial charge < -0.3 is 10.5 Å². The van der Waals surface area contributed by atoms with Gasteiger partial charge >= 0.3 is 0 Å². The molecule has 2 N–H and O–H groups in total. The third kappa shape index (κ3) is 2.08. The molecule has 2 rings (SSSR count). The van der Waals surface area contributed by atoms with E-state index in [2.05, 4.69) is 12.1 Å². The summed E-state index contributed by atoms with van der Waals surface area (Å²) in [6.07, 6.45) is 2.38. The van der Waals surface area contributed by atoms with Crippen molar-refractivity contribution in [3.63, 3.8) is 0 Å². The van der Waals surface area contributed by atoms with Crippen LogP contribution in [0.1, 0.15) is 24.5 Å². The molecule has 1 aromatic rings. The summed E-state index contributed by atoms with van der Waals surface area (Å²) in [6, 6.07) is 10.6. The second-order valence-electron chi connectivity index (χ2n) is 3.57. The van der Waals surface area contributed by atoms with Crippen LogP contribution in [0.5, 0.6) is 0 Å². The summed E-state index contributed by atoms with van der Waals surface area (Å²) in [6.45, 7) is 0.694. The van der Waals surface area contributed by atoms with Crippen molar-refractivity contribution in [1.82, 2.24) is 0 Å². The van der Waals surface area contributed by atoms with Crippen LogP contribution in [0.2, 0.25) is 0 Å². The van der Waals surface area contributed by atoms with E-state index in [4.69, 9.17) is 10.5 Å². The molecule has 0 spiro atoms. The highest BCUT2D eigenvalue weighted by molar-refractivity contribution is 5.17. The van der Waals surface area contributed by atoms with E-state index in [0.29, 0.717) is 6.61 Å². The number of nitrogens with two attached hydrogens (primary N) is 1. The molecule has 1 fully saturated rings. The normalized spacial score (nSPS) is 28.7. The number of ether oxygens (including phenoxy) is 1. The van der Waals surface area contributed by atoms with Gasteiger partial charge in [-0.1, -0.05) is 30.3 Å². The Balaban J connectivity index is 2.03. The highest BCUT2D eigenvalue weighted by Gasteiger charge is 2.19. The third-order valence-corrected chi connectivity index (χ3v) is 2.48. The van der Waals surface area contributed by atoms with Crippen LogP contribution in [0, 0.1) is 0 Å². The van der Waals surface area contributed by atoms with Crippen LogP contribution in [-0.4, -0.2) is 12.6 Å². The summed E-state index contributed by atoms with van der Waals surface area (Å²) in [5, 5.41) is 0. The lowest BCUT2D eigenvalue weighted by atomic mass is 10.00. The van der Waals surface area contributed by atoms with Crippen molar-refractivity contribution in [1.29, 1.82) is 0 Å². The Hall–Kier alpha value is -0.860. The lowest BCUT2D eigenvalue weighted by Crippen LogP contribution is -2.32. The largest absolute Gasteiger partial charge is 0.372 e. The Morgan fingerprint density at radius 1 is 1.15 bits per heavy atom. The van der Waals surface area contributed by atoms with Crippen molar-refractivity contribution in [2.75, 3.05) is 6.61 Å². The molecular formula is C11H15NO. The van der Waals surface area contributed by atoms with Gasteiger partial charge in [-0.15, -0.1) is 0 Å². The van der Waals surface area contributed by atoms with Crippen molar-refractivity contribution in [2.45, 2.75) is 25.0 Å². The standard InChI is InChI=1S/C11H15NO/c12-10-6-7-11(13-8-10)9-4-2-1-3-5-9/h1-5,10-11H,6-8,12H2/t10-,11+/m0/s1. The van der Waals surface area contributed by atoms with Gasteiger partial charge in [0.15, 0.2) is 0 Å². The highest BCUT2D eigenvalue weighted by atomic mass is 16.5. The first-order valence-electron chi connectivity index (χ1n) is 4.78. The van der Waals surface area contributed by atoms with Crippen LogP contribution in [0.4, 0.5) is 0 Å². The molecule has 0 radical (unpaired) electrons. The van der Waals surface area contributed by atoms with E-state index in [0.717, 1.165) is 12.8 Å². The topological polar surface area (TPSA) is 35.2 Å². The minimum Gasteiger partial charge on any atom is -0.372 e. The van der Waals surface area contributed by atoms with E-state index < -0.39 is 0 Å². The van der Waals surface area contributed by atoms with Crippen molar-refractivity contribution < 1.29 is 4.74 Å². The van der Waals surface area contributed by atoms with Gasteiger partial charge in [0.05, 0.1) is 12.7 Å².